The molecule has 0 radical (unpaired) electrons. The lowest BCUT2D eigenvalue weighted by atomic mass is 9.74. The van der Waals surface area contributed by atoms with Gasteiger partial charge in [0, 0.05) is 6.04 Å². The number of ether oxygens (including phenoxy) is 1. The molecule has 3 nitrogen and oxygen atoms in total. The lowest BCUT2D eigenvalue weighted by Crippen LogP contribution is -2.54. The minimum absolute atomic E-state index is 0.104. The summed E-state index contributed by atoms with van der Waals surface area (Å²) in [6, 6.07) is 0.236. The highest BCUT2D eigenvalue weighted by molar-refractivity contribution is 5.87. The molecule has 3 heteroatoms. The van der Waals surface area contributed by atoms with Gasteiger partial charge in [-0.1, -0.05) is 13.8 Å². The second-order valence-corrected chi connectivity index (χ2v) is 5.09. The molecule has 3 fully saturated rings. The monoisotopic (exact) mass is 197 g/mol. The Morgan fingerprint density at radius 1 is 1.43 bits per heavy atom. The third-order valence-electron chi connectivity index (χ3n) is 3.60. The van der Waals surface area contributed by atoms with Gasteiger partial charge in [-0.05, 0) is 31.6 Å². The van der Waals surface area contributed by atoms with Crippen molar-refractivity contribution in [2.45, 2.75) is 45.3 Å². The zero-order chi connectivity index (χ0) is 10.3. The quantitative estimate of drug-likeness (QED) is 0.741. The summed E-state index contributed by atoms with van der Waals surface area (Å²) in [7, 11) is 0. The van der Waals surface area contributed by atoms with Gasteiger partial charge in [-0.3, -0.25) is 4.79 Å². The third kappa shape index (κ3) is 1.44. The van der Waals surface area contributed by atoms with Crippen LogP contribution in [0.5, 0.6) is 0 Å². The summed E-state index contributed by atoms with van der Waals surface area (Å²) in [6.45, 7) is 7.05. The molecule has 0 unspecified atom stereocenters. The standard InChI is InChI=1S/C11H19NO2/c1-7(2)8(3)12-10(13)11-4-9(5-11)6-14-11/h7-9H,4-6H2,1-3H3,(H,12,13)/t8-,9?,11?/m1/s1. The minimum Gasteiger partial charge on any atom is -0.365 e. The number of carbonyl (C=O) groups is 1. The maximum atomic E-state index is 11.9. The molecule has 80 valence electrons. The highest BCUT2D eigenvalue weighted by Crippen LogP contribution is 2.48. The topological polar surface area (TPSA) is 38.3 Å². The largest absolute Gasteiger partial charge is 0.365 e. The molecule has 2 heterocycles. The normalized spacial score (nSPS) is 36.7. The molecule has 0 aromatic carbocycles. The minimum atomic E-state index is -0.437. The van der Waals surface area contributed by atoms with Gasteiger partial charge in [0.2, 0.25) is 0 Å². The van der Waals surface area contributed by atoms with E-state index in [0.717, 1.165) is 19.4 Å². The summed E-state index contributed by atoms with van der Waals surface area (Å²) in [5, 5.41) is 3.04. The van der Waals surface area contributed by atoms with Crippen molar-refractivity contribution in [2.24, 2.45) is 11.8 Å². The van der Waals surface area contributed by atoms with Crippen molar-refractivity contribution in [2.75, 3.05) is 6.61 Å². The maximum absolute atomic E-state index is 11.9. The summed E-state index contributed by atoms with van der Waals surface area (Å²) >= 11 is 0. The Labute approximate surface area is 85.2 Å². The van der Waals surface area contributed by atoms with Crippen molar-refractivity contribution in [3.05, 3.63) is 0 Å². The lowest BCUT2D eigenvalue weighted by Gasteiger charge is -2.35. The van der Waals surface area contributed by atoms with Gasteiger partial charge in [-0.2, -0.15) is 0 Å². The van der Waals surface area contributed by atoms with Gasteiger partial charge in [0.05, 0.1) is 6.61 Å². The average Bonchev–Trinajstić information content (AvgIpc) is 2.60. The van der Waals surface area contributed by atoms with Crippen LogP contribution in [0.2, 0.25) is 0 Å². The van der Waals surface area contributed by atoms with E-state index in [4.69, 9.17) is 4.74 Å². The maximum Gasteiger partial charge on any atom is 0.252 e. The predicted molar refractivity (Wildman–Crippen MR) is 53.8 cm³/mol. The number of hydrogen-bond acceptors (Lipinski definition) is 2. The van der Waals surface area contributed by atoms with Crippen LogP contribution < -0.4 is 5.32 Å². The van der Waals surface area contributed by atoms with E-state index in [0.29, 0.717) is 11.8 Å². The van der Waals surface area contributed by atoms with E-state index in [9.17, 15) is 4.79 Å². The van der Waals surface area contributed by atoms with Gasteiger partial charge >= 0.3 is 0 Å². The van der Waals surface area contributed by atoms with E-state index in [1.54, 1.807) is 0 Å². The smallest absolute Gasteiger partial charge is 0.252 e. The molecule has 1 amide bonds. The molecule has 1 aliphatic carbocycles. The van der Waals surface area contributed by atoms with Gasteiger partial charge < -0.3 is 10.1 Å². The molecule has 0 spiro atoms. The first kappa shape index (κ1) is 9.97. The average molecular weight is 197 g/mol. The predicted octanol–water partition coefficient (Wildman–Crippen LogP) is 1.33. The van der Waals surface area contributed by atoms with Gasteiger partial charge in [0.15, 0.2) is 0 Å². The van der Waals surface area contributed by atoms with E-state index < -0.39 is 5.60 Å². The molecule has 1 saturated carbocycles. The number of amides is 1. The number of hydrogen-bond donors (Lipinski definition) is 1. The first-order valence-electron chi connectivity index (χ1n) is 5.48. The Bertz CT molecular complexity index is 238. The lowest BCUT2D eigenvalue weighted by molar-refractivity contribution is -0.144. The Morgan fingerprint density at radius 2 is 2.07 bits per heavy atom. The fourth-order valence-electron chi connectivity index (χ4n) is 2.14. The van der Waals surface area contributed by atoms with E-state index >= 15 is 0 Å². The van der Waals surface area contributed by atoms with Crippen LogP contribution in [-0.4, -0.2) is 24.2 Å². The second kappa shape index (κ2) is 3.23. The number of carbonyl (C=O) groups excluding carboxylic acids is 1. The Kier molecular flexibility index (Phi) is 2.30. The molecule has 1 atom stereocenters. The van der Waals surface area contributed by atoms with Gasteiger partial charge in [-0.25, -0.2) is 0 Å². The Morgan fingerprint density at radius 3 is 2.50 bits per heavy atom. The van der Waals surface area contributed by atoms with Crippen molar-refractivity contribution in [1.82, 2.24) is 5.32 Å². The molecule has 2 saturated heterocycles. The Hall–Kier alpha value is -0.570. The Balaban J connectivity index is 1.90. The fraction of sp³-hybridized carbons (Fsp3) is 0.909. The number of nitrogens with one attached hydrogen (secondary N) is 1. The first-order valence-corrected chi connectivity index (χ1v) is 5.48. The molecule has 2 aliphatic heterocycles. The van der Waals surface area contributed by atoms with Crippen LogP contribution in [0.25, 0.3) is 0 Å². The van der Waals surface area contributed by atoms with Crippen LogP contribution in [0.15, 0.2) is 0 Å². The van der Waals surface area contributed by atoms with Gasteiger partial charge in [-0.15, -0.1) is 0 Å². The summed E-state index contributed by atoms with van der Waals surface area (Å²) in [6.07, 6.45) is 1.87. The second-order valence-electron chi connectivity index (χ2n) is 5.09. The number of fused-ring (bicyclic) bond motifs is 1. The highest BCUT2D eigenvalue weighted by Gasteiger charge is 2.57. The van der Waals surface area contributed by atoms with Crippen molar-refractivity contribution in [3.8, 4) is 0 Å². The summed E-state index contributed by atoms with van der Waals surface area (Å²) in [5.41, 5.74) is -0.437. The van der Waals surface area contributed by atoms with Crippen LogP contribution in [0, 0.1) is 11.8 Å². The molecule has 2 bridgehead atoms. The molecule has 0 aromatic heterocycles. The van der Waals surface area contributed by atoms with Gasteiger partial charge in [0.1, 0.15) is 5.60 Å². The van der Waals surface area contributed by atoms with Gasteiger partial charge in [0.25, 0.3) is 5.91 Å². The van der Waals surface area contributed by atoms with E-state index in [2.05, 4.69) is 19.2 Å². The summed E-state index contributed by atoms with van der Waals surface area (Å²) in [5.74, 6) is 1.23. The SMILES string of the molecule is CC(C)[C@@H](C)NC(=O)C12CC(CO1)C2. The number of rotatable bonds is 3. The molecule has 14 heavy (non-hydrogen) atoms. The molecule has 1 N–H and O–H groups in total. The zero-order valence-corrected chi connectivity index (χ0v) is 9.17. The summed E-state index contributed by atoms with van der Waals surface area (Å²) in [4.78, 5) is 11.9. The third-order valence-corrected chi connectivity index (χ3v) is 3.60. The zero-order valence-electron chi connectivity index (χ0n) is 9.17. The fourth-order valence-corrected chi connectivity index (χ4v) is 2.14. The van der Waals surface area contributed by atoms with Crippen molar-refractivity contribution in [1.29, 1.82) is 0 Å². The molecule has 3 rings (SSSR count). The van der Waals surface area contributed by atoms with Crippen molar-refractivity contribution >= 4 is 5.91 Å². The molecular formula is C11H19NO2. The molecule has 0 aromatic rings. The van der Waals surface area contributed by atoms with Crippen LogP contribution in [0.3, 0.4) is 0 Å². The van der Waals surface area contributed by atoms with E-state index in [1.807, 2.05) is 6.92 Å². The van der Waals surface area contributed by atoms with Crippen molar-refractivity contribution in [3.63, 3.8) is 0 Å². The van der Waals surface area contributed by atoms with Crippen LogP contribution >= 0.6 is 0 Å². The van der Waals surface area contributed by atoms with Crippen LogP contribution in [0.1, 0.15) is 33.6 Å². The molecule has 3 aliphatic rings. The highest BCUT2D eigenvalue weighted by atomic mass is 16.5. The van der Waals surface area contributed by atoms with Crippen LogP contribution in [-0.2, 0) is 9.53 Å². The van der Waals surface area contributed by atoms with Crippen molar-refractivity contribution < 1.29 is 9.53 Å². The molecular weight excluding hydrogens is 178 g/mol. The van der Waals surface area contributed by atoms with E-state index in [-0.39, 0.29) is 11.9 Å². The summed E-state index contributed by atoms with van der Waals surface area (Å²) < 4.78 is 5.54. The van der Waals surface area contributed by atoms with Crippen LogP contribution in [0.4, 0.5) is 0 Å². The first-order chi connectivity index (χ1) is 6.53. The van der Waals surface area contributed by atoms with E-state index in [1.165, 1.54) is 0 Å².